The second kappa shape index (κ2) is 9.28. The molecule has 9 atom stereocenters. The fourth-order valence-corrected chi connectivity index (χ4v) is 9.51. The van der Waals surface area contributed by atoms with E-state index in [0.29, 0.717) is 29.2 Å². The molecule has 194 valence electrons. The Labute approximate surface area is 212 Å². The molecule has 0 heterocycles. The number of halogens is 1. The summed E-state index contributed by atoms with van der Waals surface area (Å²) in [5.74, 6) is 3.26. The molecule has 4 aliphatic carbocycles. The number of allylic oxidation sites excluding steroid dienone is 1. The molecule has 0 bridgehead atoms. The minimum absolute atomic E-state index is 0.277. The first-order valence-corrected chi connectivity index (χ1v) is 14.5. The zero-order chi connectivity index (χ0) is 25.0. The van der Waals surface area contributed by atoms with Gasteiger partial charge in [0.15, 0.2) is 0 Å². The maximum absolute atomic E-state index is 14.1. The van der Waals surface area contributed by atoms with Gasteiger partial charge in [0.25, 0.3) is 0 Å². The summed E-state index contributed by atoms with van der Waals surface area (Å²) in [6.07, 6.45) is 13.7. The molecule has 4 aliphatic rings. The quantitative estimate of drug-likeness (QED) is 0.403. The van der Waals surface area contributed by atoms with Crippen molar-refractivity contribution in [1.29, 1.82) is 0 Å². The van der Waals surface area contributed by atoms with Gasteiger partial charge in [0, 0.05) is 5.56 Å². The van der Waals surface area contributed by atoms with Crippen LogP contribution in [-0.4, -0.2) is 15.8 Å². The first-order chi connectivity index (χ1) is 16.6. The largest absolute Gasteiger partial charge is 0.390 e. The van der Waals surface area contributed by atoms with E-state index >= 15 is 0 Å². The van der Waals surface area contributed by atoms with Gasteiger partial charge in [0.2, 0.25) is 0 Å². The zero-order valence-electron chi connectivity index (χ0n) is 22.4. The summed E-state index contributed by atoms with van der Waals surface area (Å²) >= 11 is 0. The number of benzene rings is 1. The molecule has 0 aromatic heterocycles. The van der Waals surface area contributed by atoms with E-state index in [1.807, 2.05) is 6.07 Å². The van der Waals surface area contributed by atoms with Gasteiger partial charge in [-0.1, -0.05) is 57.5 Å². The summed E-state index contributed by atoms with van der Waals surface area (Å²) in [6, 6.07) is 6.66. The molecule has 5 rings (SSSR count). The van der Waals surface area contributed by atoms with Crippen LogP contribution in [0.1, 0.15) is 110 Å². The van der Waals surface area contributed by atoms with Gasteiger partial charge in [-0.05, 0) is 117 Å². The number of aliphatic hydroxyl groups is 2. The van der Waals surface area contributed by atoms with Crippen molar-refractivity contribution < 1.29 is 14.6 Å². The van der Waals surface area contributed by atoms with Crippen LogP contribution in [0.3, 0.4) is 0 Å². The third-order valence-electron chi connectivity index (χ3n) is 11.8. The van der Waals surface area contributed by atoms with E-state index in [9.17, 15) is 14.6 Å². The molecule has 3 fully saturated rings. The lowest BCUT2D eigenvalue weighted by Gasteiger charge is -2.59. The van der Waals surface area contributed by atoms with Crippen LogP contribution in [0.2, 0.25) is 0 Å². The van der Waals surface area contributed by atoms with E-state index in [1.165, 1.54) is 38.2 Å². The Morgan fingerprint density at radius 3 is 2.54 bits per heavy atom. The Balaban J connectivity index is 1.28. The Morgan fingerprint density at radius 1 is 1.03 bits per heavy atom. The molecule has 0 aliphatic heterocycles. The molecule has 0 amide bonds. The Hall–Kier alpha value is -1.19. The third kappa shape index (κ3) is 4.23. The lowest BCUT2D eigenvalue weighted by atomic mass is 9.46. The molecule has 35 heavy (non-hydrogen) atoms. The highest BCUT2D eigenvalue weighted by molar-refractivity contribution is 5.27. The molecule has 3 saturated carbocycles. The van der Waals surface area contributed by atoms with Gasteiger partial charge in [0.05, 0.1) is 11.7 Å². The van der Waals surface area contributed by atoms with Crippen molar-refractivity contribution in [3.05, 3.63) is 47.3 Å². The van der Waals surface area contributed by atoms with Gasteiger partial charge in [0.1, 0.15) is 5.82 Å². The van der Waals surface area contributed by atoms with Crippen molar-refractivity contribution >= 4 is 0 Å². The van der Waals surface area contributed by atoms with Crippen LogP contribution in [0.25, 0.3) is 0 Å². The van der Waals surface area contributed by atoms with Crippen LogP contribution in [-0.2, 0) is 0 Å². The summed E-state index contributed by atoms with van der Waals surface area (Å²) < 4.78 is 14.1. The highest BCUT2D eigenvalue weighted by Gasteiger charge is 2.59. The van der Waals surface area contributed by atoms with Gasteiger partial charge in [-0.2, -0.15) is 0 Å². The fraction of sp³-hybridized carbons (Fsp3) is 0.750. The topological polar surface area (TPSA) is 40.5 Å². The van der Waals surface area contributed by atoms with Crippen molar-refractivity contribution in [3.8, 4) is 0 Å². The molecule has 1 aromatic rings. The van der Waals surface area contributed by atoms with E-state index in [2.05, 4.69) is 33.8 Å². The Morgan fingerprint density at radius 2 is 1.80 bits per heavy atom. The Bertz CT molecular complexity index is 957. The van der Waals surface area contributed by atoms with Gasteiger partial charge >= 0.3 is 0 Å². The third-order valence-corrected chi connectivity index (χ3v) is 11.8. The minimum atomic E-state index is -0.714. The monoisotopic (exact) mass is 482 g/mol. The highest BCUT2D eigenvalue weighted by atomic mass is 19.1. The summed E-state index contributed by atoms with van der Waals surface area (Å²) in [7, 11) is 0. The second-order valence-electron chi connectivity index (χ2n) is 13.3. The van der Waals surface area contributed by atoms with E-state index in [-0.39, 0.29) is 11.2 Å². The average molecular weight is 483 g/mol. The van der Waals surface area contributed by atoms with E-state index < -0.39 is 11.7 Å². The Kier molecular flexibility index (Phi) is 6.75. The van der Waals surface area contributed by atoms with Gasteiger partial charge in [-0.3, -0.25) is 0 Å². The molecule has 0 saturated heterocycles. The lowest BCUT2D eigenvalue weighted by Crippen LogP contribution is -2.52. The van der Waals surface area contributed by atoms with Crippen LogP contribution >= 0.6 is 0 Å². The van der Waals surface area contributed by atoms with Crippen molar-refractivity contribution in [3.63, 3.8) is 0 Å². The number of rotatable bonds is 6. The maximum atomic E-state index is 14.1. The van der Waals surface area contributed by atoms with Crippen LogP contribution in [0, 0.1) is 46.2 Å². The van der Waals surface area contributed by atoms with Crippen LogP contribution in [0.5, 0.6) is 0 Å². The van der Waals surface area contributed by atoms with Gasteiger partial charge in [-0.25, -0.2) is 4.39 Å². The SMILES string of the molecule is CC[C@]1(O)CC[C@@]2(C)C(=CC[C@H]3[C@@H]4CC[C@H](C(C)CC[C@H](O)c5ccccc5F)[C@@]4(C)CC[C@@H]32)C1. The molecule has 2 nitrogen and oxygen atoms in total. The van der Waals surface area contributed by atoms with Crippen LogP contribution in [0.4, 0.5) is 4.39 Å². The van der Waals surface area contributed by atoms with Crippen molar-refractivity contribution in [1.82, 2.24) is 0 Å². The van der Waals surface area contributed by atoms with Gasteiger partial charge in [-0.15, -0.1) is 0 Å². The summed E-state index contributed by atoms with van der Waals surface area (Å²) in [4.78, 5) is 0. The van der Waals surface area contributed by atoms with Crippen molar-refractivity contribution in [2.24, 2.45) is 40.4 Å². The molecule has 0 spiro atoms. The molecule has 1 unspecified atom stereocenters. The number of aliphatic hydroxyl groups excluding tert-OH is 1. The number of hydrogen-bond donors (Lipinski definition) is 2. The summed E-state index contributed by atoms with van der Waals surface area (Å²) in [5, 5.41) is 21.7. The molecular formula is C32H47FO2. The molecule has 3 heteroatoms. The fourth-order valence-electron chi connectivity index (χ4n) is 9.51. The molecule has 2 N–H and O–H groups in total. The molecular weight excluding hydrogens is 435 g/mol. The van der Waals surface area contributed by atoms with Gasteiger partial charge < -0.3 is 10.2 Å². The predicted octanol–water partition coefficient (Wildman–Crippen LogP) is 8.00. The van der Waals surface area contributed by atoms with Crippen LogP contribution in [0.15, 0.2) is 35.9 Å². The van der Waals surface area contributed by atoms with Crippen molar-refractivity contribution in [2.75, 3.05) is 0 Å². The predicted molar refractivity (Wildman–Crippen MR) is 140 cm³/mol. The summed E-state index contributed by atoms with van der Waals surface area (Å²) in [6.45, 7) is 9.61. The van der Waals surface area contributed by atoms with Crippen molar-refractivity contribution in [2.45, 2.75) is 110 Å². The summed E-state index contributed by atoms with van der Waals surface area (Å²) in [5.41, 5.74) is 2.17. The normalized spacial score (nSPS) is 42.4. The molecule has 1 aromatic carbocycles. The smallest absolute Gasteiger partial charge is 0.128 e. The maximum Gasteiger partial charge on any atom is 0.128 e. The molecule has 0 radical (unpaired) electrons. The van der Waals surface area contributed by atoms with E-state index in [4.69, 9.17) is 0 Å². The lowest BCUT2D eigenvalue weighted by molar-refractivity contribution is -0.0757. The second-order valence-corrected chi connectivity index (χ2v) is 13.3. The van der Waals surface area contributed by atoms with E-state index in [1.54, 1.807) is 17.7 Å². The number of fused-ring (bicyclic) bond motifs is 5. The average Bonchev–Trinajstić information content (AvgIpc) is 3.20. The first-order valence-electron chi connectivity index (χ1n) is 14.5. The first kappa shape index (κ1) is 25.5. The minimum Gasteiger partial charge on any atom is -0.390 e. The highest BCUT2D eigenvalue weighted by Crippen LogP contribution is 2.67. The zero-order valence-corrected chi connectivity index (χ0v) is 22.4. The van der Waals surface area contributed by atoms with E-state index in [0.717, 1.165) is 49.9 Å². The number of hydrogen-bond acceptors (Lipinski definition) is 2. The standard InChI is InChI=1S/C32H47FO2/c1-5-32(35)19-18-30(3)22(20-32)11-12-23-26-14-13-25(31(26,4)17-16-27(23)30)21(2)10-15-29(34)24-8-6-7-9-28(24)33/h6-9,11,21,23,25-27,29,34-35H,5,10,12-20H2,1-4H3/t21?,23-,25+,26-,27-,29-,30-,31+,32-/m0/s1. The van der Waals surface area contributed by atoms with Crippen LogP contribution < -0.4 is 0 Å².